The van der Waals surface area contributed by atoms with Gasteiger partial charge in [-0.05, 0) is 61.6 Å². The van der Waals surface area contributed by atoms with Gasteiger partial charge in [-0.15, -0.1) is 11.3 Å². The quantitative estimate of drug-likeness (QED) is 0.503. The molecule has 5 nitrogen and oxygen atoms in total. The number of methoxy groups -OCH3 is 1. The molecular weight excluding hydrogens is 396 g/mol. The summed E-state index contributed by atoms with van der Waals surface area (Å²) in [6.07, 6.45) is 3.10. The molecule has 1 heterocycles. The Hall–Kier alpha value is -2.99. The number of hydrogen-bond acceptors (Lipinski definition) is 5. The van der Waals surface area contributed by atoms with E-state index < -0.39 is 0 Å². The van der Waals surface area contributed by atoms with Crippen LogP contribution in [0.15, 0.2) is 48.5 Å². The van der Waals surface area contributed by atoms with Gasteiger partial charge in [-0.2, -0.15) is 0 Å². The molecule has 0 saturated carbocycles. The molecule has 2 aromatic carbocycles. The standard InChI is InChI=1S/C24H26N2O3S/c1-3-29-20-9-5-4-8-19(20)26-23(27)22-18-7-6-10-21(18)30-24(22)25-15-16-11-13-17(28-2)14-12-16/h4-5,8-9,11-14,25H,3,6-7,10,15H2,1-2H3,(H,26,27). The number of ether oxygens (including phenoxy) is 2. The number of benzene rings is 2. The van der Waals surface area contributed by atoms with Crippen molar-refractivity contribution in [2.24, 2.45) is 0 Å². The summed E-state index contributed by atoms with van der Waals surface area (Å²) in [6, 6.07) is 15.5. The molecule has 1 aliphatic rings. The van der Waals surface area contributed by atoms with Gasteiger partial charge in [0.25, 0.3) is 5.91 Å². The molecule has 0 fully saturated rings. The molecule has 0 saturated heterocycles. The average molecular weight is 423 g/mol. The smallest absolute Gasteiger partial charge is 0.259 e. The normalized spacial score (nSPS) is 12.3. The van der Waals surface area contributed by atoms with Gasteiger partial charge in [-0.3, -0.25) is 4.79 Å². The van der Waals surface area contributed by atoms with Gasteiger partial charge >= 0.3 is 0 Å². The summed E-state index contributed by atoms with van der Waals surface area (Å²) < 4.78 is 10.9. The molecular formula is C24H26N2O3S. The van der Waals surface area contributed by atoms with Crippen LogP contribution in [0.5, 0.6) is 11.5 Å². The molecule has 3 aromatic rings. The number of amides is 1. The monoisotopic (exact) mass is 422 g/mol. The summed E-state index contributed by atoms with van der Waals surface area (Å²) in [5.74, 6) is 1.44. The van der Waals surface area contributed by atoms with Crippen LogP contribution in [0.3, 0.4) is 0 Å². The van der Waals surface area contributed by atoms with Gasteiger partial charge in [0.2, 0.25) is 0 Å². The predicted octanol–water partition coefficient (Wildman–Crippen LogP) is 5.51. The molecule has 6 heteroatoms. The lowest BCUT2D eigenvalue weighted by atomic mass is 10.1. The average Bonchev–Trinajstić information content (AvgIpc) is 3.35. The summed E-state index contributed by atoms with van der Waals surface area (Å²) in [4.78, 5) is 14.6. The van der Waals surface area contributed by atoms with Gasteiger partial charge in [0.05, 0.1) is 25.0 Å². The molecule has 0 unspecified atom stereocenters. The number of thiophene rings is 1. The molecule has 1 aromatic heterocycles. The molecule has 0 spiro atoms. The lowest BCUT2D eigenvalue weighted by Gasteiger charge is -2.13. The van der Waals surface area contributed by atoms with Crippen LogP contribution in [0.1, 0.15) is 39.7 Å². The van der Waals surface area contributed by atoms with E-state index in [1.165, 1.54) is 10.4 Å². The molecule has 1 aliphatic carbocycles. The first-order chi connectivity index (χ1) is 14.7. The fourth-order valence-electron chi connectivity index (χ4n) is 3.73. The highest BCUT2D eigenvalue weighted by molar-refractivity contribution is 7.16. The van der Waals surface area contributed by atoms with Crippen molar-refractivity contribution in [3.63, 3.8) is 0 Å². The number of carbonyl (C=O) groups is 1. The summed E-state index contributed by atoms with van der Waals surface area (Å²) >= 11 is 1.70. The van der Waals surface area contributed by atoms with Crippen LogP contribution >= 0.6 is 11.3 Å². The second kappa shape index (κ2) is 9.22. The van der Waals surface area contributed by atoms with Gasteiger partial charge in [0.15, 0.2) is 0 Å². The van der Waals surface area contributed by atoms with E-state index in [9.17, 15) is 4.79 Å². The topological polar surface area (TPSA) is 59.6 Å². The Bertz CT molecular complexity index is 1030. The fourth-order valence-corrected chi connectivity index (χ4v) is 5.01. The van der Waals surface area contributed by atoms with E-state index >= 15 is 0 Å². The van der Waals surface area contributed by atoms with E-state index in [-0.39, 0.29) is 5.91 Å². The minimum Gasteiger partial charge on any atom is -0.497 e. The second-order valence-corrected chi connectivity index (χ2v) is 8.25. The Morgan fingerprint density at radius 1 is 1.10 bits per heavy atom. The molecule has 0 bridgehead atoms. The Morgan fingerprint density at radius 3 is 2.67 bits per heavy atom. The van der Waals surface area contributed by atoms with Crippen LogP contribution in [0, 0.1) is 0 Å². The number of aryl methyl sites for hydroxylation is 1. The molecule has 0 radical (unpaired) electrons. The first-order valence-electron chi connectivity index (χ1n) is 10.2. The first-order valence-corrected chi connectivity index (χ1v) is 11.1. The van der Waals surface area contributed by atoms with Gasteiger partial charge in [0.1, 0.15) is 16.5 Å². The van der Waals surface area contributed by atoms with Gasteiger partial charge < -0.3 is 20.1 Å². The Kier molecular flexibility index (Phi) is 6.23. The van der Waals surface area contributed by atoms with Crippen LogP contribution in [-0.4, -0.2) is 19.6 Å². The number of rotatable bonds is 8. The minimum atomic E-state index is -0.0845. The van der Waals surface area contributed by atoms with Gasteiger partial charge in [-0.25, -0.2) is 0 Å². The van der Waals surface area contributed by atoms with Crippen molar-refractivity contribution < 1.29 is 14.3 Å². The zero-order chi connectivity index (χ0) is 20.9. The number of carbonyl (C=O) groups excluding carboxylic acids is 1. The second-order valence-electron chi connectivity index (χ2n) is 7.15. The van der Waals surface area contributed by atoms with Gasteiger partial charge in [0, 0.05) is 11.4 Å². The summed E-state index contributed by atoms with van der Waals surface area (Å²) in [5, 5.41) is 7.49. The number of fused-ring (bicyclic) bond motifs is 1. The van der Waals surface area contributed by atoms with Crippen molar-refractivity contribution in [2.75, 3.05) is 24.4 Å². The van der Waals surface area contributed by atoms with E-state index in [1.54, 1.807) is 18.4 Å². The third-order valence-corrected chi connectivity index (χ3v) is 6.45. The van der Waals surface area contributed by atoms with E-state index in [2.05, 4.69) is 10.6 Å². The van der Waals surface area contributed by atoms with Crippen molar-refractivity contribution in [1.29, 1.82) is 0 Å². The first kappa shape index (κ1) is 20.3. The highest BCUT2D eigenvalue weighted by atomic mass is 32.1. The Labute approximate surface area is 181 Å². The van der Waals surface area contributed by atoms with Crippen LogP contribution < -0.4 is 20.1 Å². The van der Waals surface area contributed by atoms with Crippen molar-refractivity contribution in [3.05, 3.63) is 70.1 Å². The van der Waals surface area contributed by atoms with Crippen LogP contribution in [-0.2, 0) is 19.4 Å². The van der Waals surface area contributed by atoms with Crippen molar-refractivity contribution >= 4 is 27.9 Å². The largest absolute Gasteiger partial charge is 0.497 e. The highest BCUT2D eigenvalue weighted by Crippen LogP contribution is 2.40. The maximum atomic E-state index is 13.3. The van der Waals surface area contributed by atoms with Crippen molar-refractivity contribution in [3.8, 4) is 11.5 Å². The van der Waals surface area contributed by atoms with Crippen LogP contribution in [0.25, 0.3) is 0 Å². The summed E-state index contributed by atoms with van der Waals surface area (Å²) in [5.41, 5.74) is 3.79. The molecule has 30 heavy (non-hydrogen) atoms. The number of nitrogens with one attached hydrogen (secondary N) is 2. The predicted molar refractivity (Wildman–Crippen MR) is 122 cm³/mol. The number of para-hydroxylation sites is 2. The maximum Gasteiger partial charge on any atom is 0.259 e. The molecule has 1 amide bonds. The Morgan fingerprint density at radius 2 is 1.90 bits per heavy atom. The minimum absolute atomic E-state index is 0.0845. The van der Waals surface area contributed by atoms with Crippen molar-refractivity contribution in [1.82, 2.24) is 0 Å². The molecule has 2 N–H and O–H groups in total. The third-order valence-electron chi connectivity index (χ3n) is 5.20. The molecule has 0 aliphatic heterocycles. The zero-order valence-corrected chi connectivity index (χ0v) is 18.1. The lowest BCUT2D eigenvalue weighted by molar-refractivity contribution is 0.102. The van der Waals surface area contributed by atoms with Crippen molar-refractivity contribution in [2.45, 2.75) is 32.7 Å². The van der Waals surface area contributed by atoms with E-state index in [4.69, 9.17) is 9.47 Å². The maximum absolute atomic E-state index is 13.3. The zero-order valence-electron chi connectivity index (χ0n) is 17.3. The third kappa shape index (κ3) is 4.28. The highest BCUT2D eigenvalue weighted by Gasteiger charge is 2.27. The van der Waals surface area contributed by atoms with Gasteiger partial charge in [-0.1, -0.05) is 24.3 Å². The van der Waals surface area contributed by atoms with Crippen LogP contribution in [0.4, 0.5) is 10.7 Å². The van der Waals surface area contributed by atoms with Crippen LogP contribution in [0.2, 0.25) is 0 Å². The fraction of sp³-hybridized carbons (Fsp3) is 0.292. The SMILES string of the molecule is CCOc1ccccc1NC(=O)c1c(NCc2ccc(OC)cc2)sc2c1CCC2. The summed E-state index contributed by atoms with van der Waals surface area (Å²) in [7, 11) is 1.66. The lowest BCUT2D eigenvalue weighted by Crippen LogP contribution is -2.16. The molecule has 4 rings (SSSR count). The Balaban J connectivity index is 1.56. The van der Waals surface area contributed by atoms with E-state index in [0.29, 0.717) is 24.6 Å². The molecule has 0 atom stereocenters. The number of anilines is 2. The van der Waals surface area contributed by atoms with E-state index in [1.807, 2.05) is 55.5 Å². The van der Waals surface area contributed by atoms with E-state index in [0.717, 1.165) is 41.1 Å². The number of hydrogen-bond donors (Lipinski definition) is 2. The summed E-state index contributed by atoms with van der Waals surface area (Å²) in [6.45, 7) is 3.14. The molecule has 156 valence electrons.